The van der Waals surface area contributed by atoms with Gasteiger partial charge in [0.05, 0.1) is 18.3 Å². The lowest BCUT2D eigenvalue weighted by Gasteiger charge is -2.22. The van der Waals surface area contributed by atoms with Crippen LogP contribution >= 0.6 is 0 Å². The summed E-state index contributed by atoms with van der Waals surface area (Å²) in [5, 5.41) is 21.3. The van der Waals surface area contributed by atoms with Crippen molar-refractivity contribution in [3.8, 4) is 0 Å². The molecule has 3 atom stereocenters. The summed E-state index contributed by atoms with van der Waals surface area (Å²) < 4.78 is 0. The van der Waals surface area contributed by atoms with E-state index in [2.05, 4.69) is 10.3 Å². The van der Waals surface area contributed by atoms with Crippen LogP contribution in [0, 0.1) is 6.92 Å². The van der Waals surface area contributed by atoms with Gasteiger partial charge >= 0.3 is 0 Å². The molecule has 1 aromatic heterocycles. The molecule has 0 aromatic carbocycles. The summed E-state index contributed by atoms with van der Waals surface area (Å²) >= 11 is 0. The monoisotopic (exact) mass is 225 g/mol. The highest BCUT2D eigenvalue weighted by Crippen LogP contribution is 2.10. The van der Waals surface area contributed by atoms with Gasteiger partial charge in [0.1, 0.15) is 6.23 Å². The molecule has 0 saturated carbocycles. The summed E-state index contributed by atoms with van der Waals surface area (Å²) in [6.07, 6.45) is -0.942. The van der Waals surface area contributed by atoms with E-state index >= 15 is 0 Å². The zero-order valence-electron chi connectivity index (χ0n) is 9.59. The average molecular weight is 225 g/mol. The fourth-order valence-corrected chi connectivity index (χ4v) is 1.37. The number of aromatic nitrogens is 1. The maximum absolute atomic E-state index is 9.59. The summed E-state index contributed by atoms with van der Waals surface area (Å²) in [5.41, 5.74) is 7.25. The smallest absolute Gasteiger partial charge is 0.122 e. The van der Waals surface area contributed by atoms with E-state index in [0.717, 1.165) is 11.4 Å². The first-order chi connectivity index (χ1) is 7.54. The van der Waals surface area contributed by atoms with Crippen molar-refractivity contribution in [1.29, 1.82) is 0 Å². The third kappa shape index (κ3) is 3.53. The number of nitrogens with one attached hydrogen (secondary N) is 1. The van der Waals surface area contributed by atoms with Crippen molar-refractivity contribution < 1.29 is 10.2 Å². The minimum Gasteiger partial charge on any atom is -0.395 e. The summed E-state index contributed by atoms with van der Waals surface area (Å²) in [5.74, 6) is 0. The Kier molecular flexibility index (Phi) is 4.82. The van der Waals surface area contributed by atoms with Gasteiger partial charge in [-0.15, -0.1) is 0 Å². The number of nitrogens with two attached hydrogens (primary N) is 1. The second kappa shape index (κ2) is 5.91. The lowest BCUT2D eigenvalue weighted by atomic mass is 10.2. The van der Waals surface area contributed by atoms with Gasteiger partial charge in [0.15, 0.2) is 0 Å². The molecular weight excluding hydrogens is 206 g/mol. The molecule has 0 spiro atoms. The van der Waals surface area contributed by atoms with Crippen molar-refractivity contribution >= 4 is 0 Å². The molecule has 5 heteroatoms. The quantitative estimate of drug-likeness (QED) is 0.515. The van der Waals surface area contributed by atoms with E-state index in [1.807, 2.05) is 32.0 Å². The number of hydrogen-bond acceptors (Lipinski definition) is 5. The van der Waals surface area contributed by atoms with Crippen LogP contribution in [0.4, 0.5) is 0 Å². The van der Waals surface area contributed by atoms with E-state index in [1.54, 1.807) is 0 Å². The molecule has 0 radical (unpaired) electrons. The van der Waals surface area contributed by atoms with Gasteiger partial charge in [0, 0.05) is 11.7 Å². The summed E-state index contributed by atoms with van der Waals surface area (Å²) in [6.45, 7) is 3.53. The molecule has 1 aromatic rings. The molecule has 0 aliphatic heterocycles. The van der Waals surface area contributed by atoms with Crippen LogP contribution in [0.15, 0.2) is 18.2 Å². The van der Waals surface area contributed by atoms with Gasteiger partial charge in [-0.25, -0.2) is 0 Å². The predicted molar refractivity (Wildman–Crippen MR) is 61.6 cm³/mol. The number of aryl methyl sites for hydroxylation is 1. The Bertz CT molecular complexity index is 333. The van der Waals surface area contributed by atoms with Gasteiger partial charge < -0.3 is 15.9 Å². The van der Waals surface area contributed by atoms with Crippen molar-refractivity contribution in [2.75, 3.05) is 6.61 Å². The molecule has 0 aliphatic rings. The standard InChI is InChI=1S/C11H19N3O2/c1-7-4-3-5-10(13-7)8(2)14-11(16)9(12)6-15/h3-5,8-9,11,14-16H,6,12H2,1-2H3/t8-,9-,11?/m1/s1. The summed E-state index contributed by atoms with van der Waals surface area (Å²) in [6, 6.07) is 4.89. The molecule has 0 saturated heterocycles. The van der Waals surface area contributed by atoms with Gasteiger partial charge in [-0.05, 0) is 26.0 Å². The van der Waals surface area contributed by atoms with Gasteiger partial charge in [0.25, 0.3) is 0 Å². The minimum atomic E-state index is -0.942. The highest BCUT2D eigenvalue weighted by atomic mass is 16.3. The molecule has 16 heavy (non-hydrogen) atoms. The maximum Gasteiger partial charge on any atom is 0.122 e. The summed E-state index contributed by atoms with van der Waals surface area (Å²) in [4.78, 5) is 4.33. The van der Waals surface area contributed by atoms with Crippen LogP contribution in [0.5, 0.6) is 0 Å². The fraction of sp³-hybridized carbons (Fsp3) is 0.545. The molecule has 0 fully saturated rings. The Balaban J connectivity index is 2.61. The first-order valence-corrected chi connectivity index (χ1v) is 5.28. The van der Waals surface area contributed by atoms with Crippen LogP contribution in [-0.4, -0.2) is 34.1 Å². The number of hydrogen-bond donors (Lipinski definition) is 4. The Morgan fingerprint density at radius 3 is 2.75 bits per heavy atom. The molecular formula is C11H19N3O2. The van der Waals surface area contributed by atoms with Gasteiger partial charge in [-0.1, -0.05) is 6.07 Å². The Labute approximate surface area is 95.3 Å². The zero-order chi connectivity index (χ0) is 12.1. The van der Waals surface area contributed by atoms with E-state index in [9.17, 15) is 5.11 Å². The largest absolute Gasteiger partial charge is 0.395 e. The summed E-state index contributed by atoms with van der Waals surface area (Å²) in [7, 11) is 0. The maximum atomic E-state index is 9.59. The van der Waals surface area contributed by atoms with E-state index in [-0.39, 0.29) is 12.6 Å². The number of aliphatic hydroxyl groups is 2. The molecule has 0 bridgehead atoms. The minimum absolute atomic E-state index is 0.118. The van der Waals surface area contributed by atoms with E-state index in [0.29, 0.717) is 0 Å². The number of aliphatic hydroxyl groups excluding tert-OH is 2. The average Bonchev–Trinajstić information content (AvgIpc) is 2.27. The van der Waals surface area contributed by atoms with E-state index in [1.165, 1.54) is 0 Å². The second-order valence-electron chi connectivity index (χ2n) is 3.88. The third-order valence-corrected chi connectivity index (χ3v) is 2.39. The molecule has 5 N–H and O–H groups in total. The van der Waals surface area contributed by atoms with E-state index in [4.69, 9.17) is 10.8 Å². The van der Waals surface area contributed by atoms with Gasteiger partial charge in [0.2, 0.25) is 0 Å². The predicted octanol–water partition coefficient (Wildman–Crippen LogP) is -0.321. The Morgan fingerprint density at radius 2 is 2.19 bits per heavy atom. The number of nitrogens with zero attached hydrogens (tertiary/aromatic N) is 1. The second-order valence-corrected chi connectivity index (χ2v) is 3.88. The first kappa shape index (κ1) is 13.1. The molecule has 0 amide bonds. The van der Waals surface area contributed by atoms with Crippen LogP contribution < -0.4 is 11.1 Å². The van der Waals surface area contributed by atoms with Crippen molar-refractivity contribution in [2.45, 2.75) is 32.2 Å². The number of rotatable bonds is 5. The molecule has 0 aliphatic carbocycles. The molecule has 1 unspecified atom stereocenters. The Morgan fingerprint density at radius 1 is 1.50 bits per heavy atom. The fourth-order valence-electron chi connectivity index (χ4n) is 1.37. The van der Waals surface area contributed by atoms with Gasteiger partial charge in [-0.3, -0.25) is 10.3 Å². The highest BCUT2D eigenvalue weighted by molar-refractivity contribution is 5.12. The van der Waals surface area contributed by atoms with Crippen molar-refractivity contribution in [1.82, 2.24) is 10.3 Å². The first-order valence-electron chi connectivity index (χ1n) is 5.28. The van der Waals surface area contributed by atoms with E-state index < -0.39 is 12.3 Å². The lowest BCUT2D eigenvalue weighted by Crippen LogP contribution is -2.48. The van der Waals surface area contributed by atoms with Crippen molar-refractivity contribution in [2.24, 2.45) is 5.73 Å². The molecule has 5 nitrogen and oxygen atoms in total. The molecule has 1 rings (SSSR count). The molecule has 90 valence electrons. The third-order valence-electron chi connectivity index (χ3n) is 2.39. The molecule has 1 heterocycles. The topological polar surface area (TPSA) is 91.4 Å². The van der Waals surface area contributed by atoms with Crippen molar-refractivity contribution in [3.05, 3.63) is 29.6 Å². The van der Waals surface area contributed by atoms with Crippen LogP contribution in [0.1, 0.15) is 24.4 Å². The van der Waals surface area contributed by atoms with Crippen molar-refractivity contribution in [3.63, 3.8) is 0 Å². The van der Waals surface area contributed by atoms with Gasteiger partial charge in [-0.2, -0.15) is 0 Å². The number of pyridine rings is 1. The van der Waals surface area contributed by atoms with Crippen LogP contribution in [0.2, 0.25) is 0 Å². The van der Waals surface area contributed by atoms with Crippen LogP contribution in [-0.2, 0) is 0 Å². The zero-order valence-corrected chi connectivity index (χ0v) is 9.59. The SMILES string of the molecule is Cc1cccc([C@@H](C)NC(O)[C@H](N)CO)n1. The Hall–Kier alpha value is -1.01. The normalized spacial score (nSPS) is 16.8. The van der Waals surface area contributed by atoms with Crippen LogP contribution in [0.3, 0.4) is 0 Å². The highest BCUT2D eigenvalue weighted by Gasteiger charge is 2.17. The lowest BCUT2D eigenvalue weighted by molar-refractivity contribution is 0.0712. The van der Waals surface area contributed by atoms with Crippen LogP contribution in [0.25, 0.3) is 0 Å².